The van der Waals surface area contributed by atoms with E-state index in [0.29, 0.717) is 24.8 Å². The predicted octanol–water partition coefficient (Wildman–Crippen LogP) is 2.88. The van der Waals surface area contributed by atoms with Crippen molar-refractivity contribution in [3.05, 3.63) is 17.9 Å². The molecule has 0 fully saturated rings. The molecule has 122 valence electrons. The van der Waals surface area contributed by atoms with E-state index in [4.69, 9.17) is 4.42 Å². The Morgan fingerprint density at radius 2 is 1.95 bits per heavy atom. The number of rotatable bonds is 11. The van der Waals surface area contributed by atoms with Crippen molar-refractivity contribution in [3.8, 4) is 0 Å². The highest BCUT2D eigenvalue weighted by Gasteiger charge is 2.17. The highest BCUT2D eigenvalue weighted by atomic mass is 32.2. The van der Waals surface area contributed by atoms with E-state index >= 15 is 0 Å². The van der Waals surface area contributed by atoms with E-state index in [1.807, 2.05) is 0 Å². The third-order valence-electron chi connectivity index (χ3n) is 3.08. The lowest BCUT2D eigenvalue weighted by molar-refractivity contribution is 0.394. The normalized spacial score (nSPS) is 12.2. The number of sulfonamides is 1. The molecule has 6 heteroatoms. The van der Waals surface area contributed by atoms with E-state index in [-0.39, 0.29) is 5.09 Å². The Hall–Kier alpha value is -0.850. The fourth-order valence-corrected chi connectivity index (χ4v) is 2.93. The fourth-order valence-electron chi connectivity index (χ4n) is 1.91. The molecule has 0 bridgehead atoms. The molecule has 0 saturated heterocycles. The van der Waals surface area contributed by atoms with Crippen LogP contribution in [0.2, 0.25) is 0 Å². The average molecular weight is 316 g/mol. The number of furan rings is 1. The smallest absolute Gasteiger partial charge is 0.273 e. The van der Waals surface area contributed by atoms with Crippen molar-refractivity contribution in [1.29, 1.82) is 0 Å². The largest absolute Gasteiger partial charge is 0.447 e. The van der Waals surface area contributed by atoms with E-state index < -0.39 is 10.0 Å². The van der Waals surface area contributed by atoms with E-state index in [9.17, 15) is 8.42 Å². The van der Waals surface area contributed by atoms with E-state index in [1.54, 1.807) is 6.07 Å². The standard InChI is InChI=1S/C15H28N2O3S/c1-4-5-6-7-10-17-21(18,19)15-9-8-14(20-15)12-16-11-13(2)3/h8-9,13,16-17H,4-7,10-12H2,1-3H3. The summed E-state index contributed by atoms with van der Waals surface area (Å²) in [6, 6.07) is 3.22. The number of hydrogen-bond acceptors (Lipinski definition) is 4. The molecule has 1 rings (SSSR count). The maximum Gasteiger partial charge on any atom is 0.273 e. The van der Waals surface area contributed by atoms with Crippen molar-refractivity contribution in [2.75, 3.05) is 13.1 Å². The first-order valence-corrected chi connectivity index (χ1v) is 9.23. The lowest BCUT2D eigenvalue weighted by atomic mass is 10.2. The van der Waals surface area contributed by atoms with Gasteiger partial charge in [-0.25, -0.2) is 13.1 Å². The predicted molar refractivity (Wildman–Crippen MR) is 84.6 cm³/mol. The van der Waals surface area contributed by atoms with E-state index in [2.05, 4.69) is 30.8 Å². The van der Waals surface area contributed by atoms with Gasteiger partial charge in [-0.3, -0.25) is 0 Å². The van der Waals surface area contributed by atoms with Crippen LogP contribution in [0.15, 0.2) is 21.6 Å². The summed E-state index contributed by atoms with van der Waals surface area (Å²) in [6.45, 7) is 8.25. The van der Waals surface area contributed by atoms with Crippen molar-refractivity contribution in [2.24, 2.45) is 5.92 Å². The molecule has 0 spiro atoms. The lowest BCUT2D eigenvalue weighted by Gasteiger charge is -2.05. The van der Waals surface area contributed by atoms with Gasteiger partial charge in [0.25, 0.3) is 10.0 Å². The highest BCUT2D eigenvalue weighted by molar-refractivity contribution is 7.89. The molecule has 0 aromatic carbocycles. The second-order valence-corrected chi connectivity index (χ2v) is 7.40. The summed E-state index contributed by atoms with van der Waals surface area (Å²) < 4.78 is 32.0. The van der Waals surface area contributed by atoms with Gasteiger partial charge >= 0.3 is 0 Å². The van der Waals surface area contributed by atoms with Gasteiger partial charge in [-0.2, -0.15) is 0 Å². The molecule has 0 aliphatic carbocycles. The summed E-state index contributed by atoms with van der Waals surface area (Å²) in [4.78, 5) is 0. The number of unbranched alkanes of at least 4 members (excludes halogenated alkanes) is 3. The first-order valence-electron chi connectivity index (χ1n) is 7.74. The first-order chi connectivity index (χ1) is 9.95. The quantitative estimate of drug-likeness (QED) is 0.616. The monoisotopic (exact) mass is 316 g/mol. The van der Waals surface area contributed by atoms with Crippen LogP contribution in [0.3, 0.4) is 0 Å². The molecule has 0 radical (unpaired) electrons. The number of nitrogens with one attached hydrogen (secondary N) is 2. The van der Waals surface area contributed by atoms with Gasteiger partial charge in [0.2, 0.25) is 5.09 Å². The summed E-state index contributed by atoms with van der Waals surface area (Å²) in [7, 11) is -3.51. The fraction of sp³-hybridized carbons (Fsp3) is 0.733. The molecule has 2 N–H and O–H groups in total. The molecule has 1 heterocycles. The molecule has 21 heavy (non-hydrogen) atoms. The Labute approximate surface area is 128 Å². The molecule has 0 unspecified atom stereocenters. The van der Waals surface area contributed by atoms with Crippen LogP contribution >= 0.6 is 0 Å². The van der Waals surface area contributed by atoms with Crippen LogP contribution in [0.25, 0.3) is 0 Å². The van der Waals surface area contributed by atoms with Crippen LogP contribution in [0.4, 0.5) is 0 Å². The van der Waals surface area contributed by atoms with Gasteiger partial charge in [0.15, 0.2) is 0 Å². The Bertz CT molecular complexity index is 495. The second kappa shape index (κ2) is 9.23. The van der Waals surface area contributed by atoms with Crippen molar-refractivity contribution < 1.29 is 12.8 Å². The van der Waals surface area contributed by atoms with E-state index in [1.165, 1.54) is 6.07 Å². The molecule has 0 atom stereocenters. The van der Waals surface area contributed by atoms with Crippen LogP contribution in [-0.4, -0.2) is 21.5 Å². The molecular formula is C15H28N2O3S. The zero-order valence-electron chi connectivity index (χ0n) is 13.3. The second-order valence-electron chi connectivity index (χ2n) is 5.70. The van der Waals surface area contributed by atoms with Crippen LogP contribution in [0, 0.1) is 5.92 Å². The van der Waals surface area contributed by atoms with Crippen LogP contribution in [-0.2, 0) is 16.6 Å². The molecule has 0 saturated carbocycles. The lowest BCUT2D eigenvalue weighted by Crippen LogP contribution is -2.24. The topological polar surface area (TPSA) is 71.3 Å². The minimum atomic E-state index is -3.51. The molecular weight excluding hydrogens is 288 g/mol. The summed E-state index contributed by atoms with van der Waals surface area (Å²) in [5, 5.41) is 3.22. The van der Waals surface area contributed by atoms with Gasteiger partial charge in [0, 0.05) is 6.54 Å². The first kappa shape index (κ1) is 18.2. The van der Waals surface area contributed by atoms with Gasteiger partial charge < -0.3 is 9.73 Å². The molecule has 1 aromatic heterocycles. The summed E-state index contributed by atoms with van der Waals surface area (Å²) in [6.07, 6.45) is 4.17. The van der Waals surface area contributed by atoms with Crippen LogP contribution < -0.4 is 10.0 Å². The minimum Gasteiger partial charge on any atom is -0.447 e. The summed E-state index contributed by atoms with van der Waals surface area (Å²) >= 11 is 0. The SMILES string of the molecule is CCCCCCNS(=O)(=O)c1ccc(CNCC(C)C)o1. The van der Waals surface area contributed by atoms with Crippen molar-refractivity contribution in [1.82, 2.24) is 10.0 Å². The molecule has 0 amide bonds. The van der Waals surface area contributed by atoms with Gasteiger partial charge in [0.05, 0.1) is 6.54 Å². The molecule has 5 nitrogen and oxygen atoms in total. The Morgan fingerprint density at radius 1 is 1.19 bits per heavy atom. The Kier molecular flexibility index (Phi) is 8.00. The third kappa shape index (κ3) is 7.11. The van der Waals surface area contributed by atoms with Gasteiger partial charge in [-0.05, 0) is 31.0 Å². The molecule has 0 aliphatic rings. The summed E-state index contributed by atoms with van der Waals surface area (Å²) in [5.41, 5.74) is 0. The minimum absolute atomic E-state index is 0.000613. The maximum atomic E-state index is 12.0. The number of hydrogen-bond donors (Lipinski definition) is 2. The van der Waals surface area contributed by atoms with Gasteiger partial charge in [0.1, 0.15) is 5.76 Å². The Morgan fingerprint density at radius 3 is 2.62 bits per heavy atom. The summed E-state index contributed by atoms with van der Waals surface area (Å²) in [5.74, 6) is 1.19. The van der Waals surface area contributed by atoms with Crippen LogP contribution in [0.1, 0.15) is 52.2 Å². The van der Waals surface area contributed by atoms with Crippen molar-refractivity contribution >= 4 is 10.0 Å². The van der Waals surface area contributed by atoms with Gasteiger partial charge in [-0.1, -0.05) is 40.0 Å². The molecule has 1 aromatic rings. The average Bonchev–Trinajstić information content (AvgIpc) is 2.87. The van der Waals surface area contributed by atoms with Crippen molar-refractivity contribution in [3.63, 3.8) is 0 Å². The maximum absolute atomic E-state index is 12.0. The van der Waals surface area contributed by atoms with E-state index in [0.717, 1.165) is 32.2 Å². The Balaban J connectivity index is 2.42. The van der Waals surface area contributed by atoms with Crippen molar-refractivity contribution in [2.45, 2.75) is 58.1 Å². The van der Waals surface area contributed by atoms with Gasteiger partial charge in [-0.15, -0.1) is 0 Å². The highest BCUT2D eigenvalue weighted by Crippen LogP contribution is 2.14. The third-order valence-corrected chi connectivity index (χ3v) is 4.41. The molecule has 0 aliphatic heterocycles. The van der Waals surface area contributed by atoms with Crippen LogP contribution in [0.5, 0.6) is 0 Å². The zero-order valence-corrected chi connectivity index (χ0v) is 14.1. The zero-order chi connectivity index (χ0) is 15.7.